The molecule has 12 aliphatic heterocycles. The first-order chi connectivity index (χ1) is 20.4. The third-order valence-electron chi connectivity index (χ3n) is 6.72. The molecule has 0 unspecified atom stereocenters. The molecule has 0 aromatic heterocycles. The van der Waals surface area contributed by atoms with E-state index in [4.69, 9.17) is 47.4 Å². The molecule has 0 aromatic rings. The molecule has 8 atom stereocenters. The molecule has 12 heterocycles. The summed E-state index contributed by atoms with van der Waals surface area (Å²) in [7, 11) is 0. The number of hydrogen-bond acceptors (Lipinski definition) is 14. The number of rotatable bonds is 0. The summed E-state index contributed by atoms with van der Waals surface area (Å²) in [6, 6.07) is 0. The highest BCUT2D eigenvalue weighted by molar-refractivity contribution is 5.80. The van der Waals surface area contributed by atoms with Crippen LogP contribution in [0.2, 0.25) is 0 Å². The summed E-state index contributed by atoms with van der Waals surface area (Å²) in [5.74, 6) is -1.80. The Morgan fingerprint density at radius 3 is 0.881 bits per heavy atom. The predicted octanol–water partition coefficient (Wildman–Crippen LogP) is -4.54. The van der Waals surface area contributed by atoms with Gasteiger partial charge in [0.25, 0.3) is 0 Å². The van der Waals surface area contributed by atoms with Crippen molar-refractivity contribution in [1.82, 2.24) is 21.3 Å². The number of ether oxygens (including phenoxy) is 10. The third-order valence-corrected chi connectivity index (χ3v) is 6.72. The molecule has 18 heteroatoms. The Kier molecular flexibility index (Phi) is 11.2. The van der Waals surface area contributed by atoms with Gasteiger partial charge < -0.3 is 68.6 Å². The van der Waals surface area contributed by atoms with E-state index in [1.165, 1.54) is 0 Å². The topological polar surface area (TPSA) is 209 Å². The predicted molar refractivity (Wildman–Crippen MR) is 132 cm³/mol. The molecule has 0 saturated carbocycles. The lowest BCUT2D eigenvalue weighted by molar-refractivity contribution is -0.332. The zero-order valence-electron chi connectivity index (χ0n) is 22.8. The van der Waals surface area contributed by atoms with Gasteiger partial charge in [-0.2, -0.15) is 0 Å². The van der Waals surface area contributed by atoms with Gasteiger partial charge in [0.2, 0.25) is 23.6 Å². The van der Waals surface area contributed by atoms with Gasteiger partial charge in [0.1, 0.15) is 50.8 Å². The van der Waals surface area contributed by atoms with Crippen molar-refractivity contribution in [3.63, 3.8) is 0 Å². The van der Waals surface area contributed by atoms with Crippen LogP contribution in [0.25, 0.3) is 0 Å². The van der Waals surface area contributed by atoms with E-state index in [-0.39, 0.29) is 79.0 Å². The van der Waals surface area contributed by atoms with Gasteiger partial charge >= 0.3 is 0 Å². The molecule has 12 fully saturated rings. The molecule has 18 nitrogen and oxygen atoms in total. The first kappa shape index (κ1) is 30.9. The molecule has 8 bridgehead atoms. The van der Waals surface area contributed by atoms with Gasteiger partial charge in [-0.05, 0) is 0 Å². The molecule has 12 saturated heterocycles. The summed E-state index contributed by atoms with van der Waals surface area (Å²) in [5, 5.41) is 10.5. The second-order valence-corrected chi connectivity index (χ2v) is 9.95. The van der Waals surface area contributed by atoms with Crippen LogP contribution in [-0.4, -0.2) is 152 Å². The monoisotopic (exact) mass is 604 g/mol. The molecule has 0 radical (unpaired) electrons. The number of carbonyl (C=O) groups excluding carboxylic acids is 4. The maximum absolute atomic E-state index is 12.1. The Hall–Kier alpha value is -2.52. The lowest BCUT2D eigenvalue weighted by Gasteiger charge is -2.41. The van der Waals surface area contributed by atoms with Gasteiger partial charge in [0.05, 0.1) is 52.6 Å². The summed E-state index contributed by atoms with van der Waals surface area (Å²) in [5.41, 5.74) is 0. The number of hydrogen-bond donors (Lipinski definition) is 4. The van der Waals surface area contributed by atoms with Crippen molar-refractivity contribution in [2.24, 2.45) is 0 Å². The molecule has 236 valence electrons. The Bertz CT molecular complexity index is 812. The molecular weight excluding hydrogens is 568 g/mol. The lowest BCUT2D eigenvalue weighted by atomic mass is 10.2. The Morgan fingerprint density at radius 1 is 0.405 bits per heavy atom. The van der Waals surface area contributed by atoms with Gasteiger partial charge in [-0.15, -0.1) is 0 Å². The summed E-state index contributed by atoms with van der Waals surface area (Å²) in [4.78, 5) is 48.5. The molecule has 42 heavy (non-hydrogen) atoms. The Morgan fingerprint density at radius 2 is 0.643 bits per heavy atom. The number of carbonyl (C=O) groups is 4. The van der Waals surface area contributed by atoms with Crippen molar-refractivity contribution in [1.29, 1.82) is 0 Å². The van der Waals surface area contributed by atoms with Gasteiger partial charge in [-0.25, -0.2) is 0 Å². The van der Waals surface area contributed by atoms with Gasteiger partial charge in [-0.1, -0.05) is 0 Å². The highest BCUT2D eigenvalue weighted by atomic mass is 16.8. The average molecular weight is 605 g/mol. The van der Waals surface area contributed by atoms with Gasteiger partial charge in [0.15, 0.2) is 25.2 Å². The molecule has 4 N–H and O–H groups in total. The summed E-state index contributed by atoms with van der Waals surface area (Å²) < 4.78 is 56.0. The fraction of sp³-hybridized carbons (Fsp3) is 0.833. The summed E-state index contributed by atoms with van der Waals surface area (Å²) >= 11 is 0. The maximum Gasteiger partial charge on any atom is 0.246 e. The van der Waals surface area contributed by atoms with Gasteiger partial charge in [0, 0.05) is 0 Å². The fourth-order valence-electron chi connectivity index (χ4n) is 4.58. The minimum absolute atomic E-state index is 0.0574. The third kappa shape index (κ3) is 9.24. The maximum atomic E-state index is 12.1. The zero-order chi connectivity index (χ0) is 29.3. The highest BCUT2D eigenvalue weighted by Gasteiger charge is 2.40. The molecule has 12 rings (SSSR count). The van der Waals surface area contributed by atoms with E-state index in [1.54, 1.807) is 0 Å². The first-order valence-corrected chi connectivity index (χ1v) is 13.7. The second kappa shape index (κ2) is 15.3. The van der Waals surface area contributed by atoms with Crippen molar-refractivity contribution in [2.45, 2.75) is 49.6 Å². The minimum Gasteiger partial charge on any atom is -0.362 e. The van der Waals surface area contributed by atoms with Gasteiger partial charge in [-0.3, -0.25) is 19.2 Å². The minimum atomic E-state index is -0.724. The summed E-state index contributed by atoms with van der Waals surface area (Å²) in [6.45, 7) is -0.350. The van der Waals surface area contributed by atoms with Crippen LogP contribution >= 0.6 is 0 Å². The van der Waals surface area contributed by atoms with Crippen LogP contribution in [0.1, 0.15) is 0 Å². The van der Waals surface area contributed by atoms with Crippen LogP contribution < -0.4 is 21.3 Å². The van der Waals surface area contributed by atoms with E-state index in [0.29, 0.717) is 0 Å². The first-order valence-electron chi connectivity index (χ1n) is 13.7. The van der Waals surface area contributed by atoms with Crippen LogP contribution in [0.15, 0.2) is 0 Å². The lowest BCUT2D eigenvalue weighted by Crippen LogP contribution is -2.56. The van der Waals surface area contributed by atoms with Crippen LogP contribution in [0.3, 0.4) is 0 Å². The quantitative estimate of drug-likeness (QED) is 0.205. The van der Waals surface area contributed by atoms with Crippen molar-refractivity contribution >= 4 is 23.6 Å². The van der Waals surface area contributed by atoms with Crippen molar-refractivity contribution in [3.8, 4) is 0 Å². The van der Waals surface area contributed by atoms with Crippen LogP contribution in [0, 0.1) is 0 Å². The van der Waals surface area contributed by atoms with E-state index < -0.39 is 73.2 Å². The largest absolute Gasteiger partial charge is 0.362 e. The summed E-state index contributed by atoms with van der Waals surface area (Å²) in [6.07, 6.45) is -4.61. The van der Waals surface area contributed by atoms with E-state index in [1.807, 2.05) is 0 Å². The van der Waals surface area contributed by atoms with Crippen molar-refractivity contribution < 1.29 is 66.5 Å². The van der Waals surface area contributed by atoms with Crippen molar-refractivity contribution in [3.05, 3.63) is 0 Å². The van der Waals surface area contributed by atoms with E-state index >= 15 is 0 Å². The van der Waals surface area contributed by atoms with Crippen LogP contribution in [0.4, 0.5) is 0 Å². The SMILES string of the molecule is O=C1COCC(=O)NC[C@@H]2OC[C@@H]3O[C@H](CNC(=O)COCC(=O)NC[C@@H]4OC[C@@H]5O[C@H](CN1)OC[C@@H]5O4)OC[C@@H]3O2. The molecule has 0 spiro atoms. The molecular formula is C24H36N4O14. The van der Waals surface area contributed by atoms with Crippen LogP contribution in [-0.2, 0) is 66.5 Å². The van der Waals surface area contributed by atoms with Crippen LogP contribution in [0.5, 0.6) is 0 Å². The standard InChI is InChI=1S/C24H36N4O14/c29-17-9-33-10-18(30)26-3-23-37-7-16-15(41-23)8-38-24(42-16)4-28-20(32)12-34-11-19(31)27-2-22-36-6-13-14(40-22)5-35-21(39-13)1-25-17/h13-16,21-24H,1-12H2,(H,25,29)(H,26,30)(H,27,31)(H,28,32)/t13-,14-,15-,16-,21+,22+,23+,24+/m0/s1. The number of nitrogens with one attached hydrogen (secondary N) is 4. The van der Waals surface area contributed by atoms with E-state index in [2.05, 4.69) is 21.3 Å². The number of amides is 4. The van der Waals surface area contributed by atoms with Crippen molar-refractivity contribution in [2.75, 3.05) is 79.0 Å². The smallest absolute Gasteiger partial charge is 0.246 e. The molecule has 12 aliphatic rings. The highest BCUT2D eigenvalue weighted by Crippen LogP contribution is 2.23. The second-order valence-electron chi connectivity index (χ2n) is 9.95. The normalized spacial score (nSPS) is 38.3. The zero-order valence-corrected chi connectivity index (χ0v) is 22.8. The molecule has 4 amide bonds. The average Bonchev–Trinajstić information content (AvgIpc) is 3.00. The Balaban J connectivity index is 1.10. The Labute approximate surface area is 240 Å². The molecule has 0 aromatic carbocycles. The van der Waals surface area contributed by atoms with E-state index in [0.717, 1.165) is 0 Å². The molecule has 0 aliphatic carbocycles. The fourth-order valence-corrected chi connectivity index (χ4v) is 4.58. The van der Waals surface area contributed by atoms with E-state index in [9.17, 15) is 19.2 Å².